The van der Waals surface area contributed by atoms with Gasteiger partial charge in [0.25, 0.3) is 11.1 Å². The molecule has 0 aliphatic heterocycles. The lowest BCUT2D eigenvalue weighted by Crippen LogP contribution is -2.15. The van der Waals surface area contributed by atoms with Gasteiger partial charge in [-0.15, -0.1) is 0 Å². The second-order valence-corrected chi connectivity index (χ2v) is 5.94. The van der Waals surface area contributed by atoms with Crippen LogP contribution < -0.4 is 22.6 Å². The summed E-state index contributed by atoms with van der Waals surface area (Å²) in [6.45, 7) is 0. The normalized spacial score (nSPS) is 12.0. The van der Waals surface area contributed by atoms with E-state index in [0.29, 0.717) is 21.8 Å². The zero-order valence-electron chi connectivity index (χ0n) is 12.4. The number of benzene rings is 3. The van der Waals surface area contributed by atoms with Gasteiger partial charge in [0.2, 0.25) is 0 Å². The first-order valence-electron chi connectivity index (χ1n) is 7.47. The predicted octanol–water partition coefficient (Wildman–Crippen LogP) is 2.28. The smallest absolute Gasteiger partial charge is 0.272 e. The van der Waals surface area contributed by atoms with Gasteiger partial charge in [0.15, 0.2) is 0 Å². The van der Waals surface area contributed by atoms with E-state index < -0.39 is 0 Å². The van der Waals surface area contributed by atoms with Crippen molar-refractivity contribution in [2.45, 2.75) is 0 Å². The Labute approximate surface area is 134 Å². The maximum absolute atomic E-state index is 12.2. The van der Waals surface area contributed by atoms with Gasteiger partial charge in [-0.05, 0) is 22.9 Å². The van der Waals surface area contributed by atoms with Crippen LogP contribution in [0.25, 0.3) is 43.4 Å². The summed E-state index contributed by atoms with van der Waals surface area (Å²) in [7, 11) is 0. The Kier molecular flexibility index (Phi) is 2.19. The van der Waals surface area contributed by atoms with Crippen LogP contribution in [0.15, 0.2) is 46.0 Å². The SMILES string of the molecule is Nc1c(=O)[nH]c2cccc3c4c(N)c(=O)[nH]c5cccc(c1c23)c54. The Morgan fingerprint density at radius 2 is 1.04 bits per heavy atom. The first-order chi connectivity index (χ1) is 11.6. The number of anilines is 2. The van der Waals surface area contributed by atoms with E-state index >= 15 is 0 Å². The number of nitrogens with two attached hydrogens (primary N) is 2. The standard InChI is InChI=1S/C18H12N4O2/c19-15-13-7-3-1-5-9-11(7)14(16(20)17(23)21-9)8-4-2-6-10(12(8)13)22-18(15)24/h1-6H,19-20H2,(H,21,23)(H,22,24). The third kappa shape index (κ3) is 1.35. The third-order valence-electron chi connectivity index (χ3n) is 4.69. The zero-order valence-corrected chi connectivity index (χ0v) is 12.4. The molecule has 5 aromatic rings. The molecule has 0 bridgehead atoms. The van der Waals surface area contributed by atoms with Crippen molar-refractivity contribution in [1.29, 1.82) is 0 Å². The highest BCUT2D eigenvalue weighted by Crippen LogP contribution is 2.41. The molecule has 0 amide bonds. The molecule has 0 aliphatic carbocycles. The van der Waals surface area contributed by atoms with Gasteiger partial charge >= 0.3 is 0 Å². The maximum atomic E-state index is 12.2. The molecular formula is C18H12N4O2. The van der Waals surface area contributed by atoms with E-state index in [0.717, 1.165) is 21.5 Å². The Morgan fingerprint density at radius 3 is 1.46 bits per heavy atom. The maximum Gasteiger partial charge on any atom is 0.272 e. The summed E-state index contributed by atoms with van der Waals surface area (Å²) in [6.07, 6.45) is 0. The summed E-state index contributed by atoms with van der Waals surface area (Å²) in [5.74, 6) is 0. The van der Waals surface area contributed by atoms with Crippen LogP contribution in [0, 0.1) is 0 Å². The monoisotopic (exact) mass is 316 g/mol. The van der Waals surface area contributed by atoms with Crippen LogP contribution in [-0.4, -0.2) is 9.97 Å². The lowest BCUT2D eigenvalue weighted by molar-refractivity contribution is 1.32. The molecule has 0 aliphatic rings. The number of pyridine rings is 2. The van der Waals surface area contributed by atoms with E-state index in [1.807, 2.05) is 36.4 Å². The number of aromatic amines is 2. The van der Waals surface area contributed by atoms with E-state index in [1.54, 1.807) is 0 Å². The van der Waals surface area contributed by atoms with Gasteiger partial charge in [-0.25, -0.2) is 0 Å². The summed E-state index contributed by atoms with van der Waals surface area (Å²) in [6, 6.07) is 11.1. The third-order valence-corrected chi connectivity index (χ3v) is 4.69. The predicted molar refractivity (Wildman–Crippen MR) is 97.7 cm³/mol. The van der Waals surface area contributed by atoms with Gasteiger partial charge in [0, 0.05) is 32.6 Å². The Morgan fingerprint density at radius 1 is 0.625 bits per heavy atom. The lowest BCUT2D eigenvalue weighted by Gasteiger charge is -2.16. The number of aromatic nitrogens is 2. The summed E-state index contributed by atoms with van der Waals surface area (Å²) >= 11 is 0. The van der Waals surface area contributed by atoms with Crippen molar-refractivity contribution in [3.8, 4) is 0 Å². The highest BCUT2D eigenvalue weighted by molar-refractivity contribution is 6.35. The van der Waals surface area contributed by atoms with Crippen LogP contribution in [0.2, 0.25) is 0 Å². The first kappa shape index (κ1) is 13.0. The van der Waals surface area contributed by atoms with Crippen molar-refractivity contribution in [3.05, 3.63) is 57.1 Å². The minimum atomic E-state index is -0.326. The number of rotatable bonds is 0. The minimum Gasteiger partial charge on any atom is -0.394 e. The van der Waals surface area contributed by atoms with Crippen LogP contribution in [0.5, 0.6) is 0 Å². The zero-order chi connectivity index (χ0) is 16.6. The molecule has 0 spiro atoms. The second kappa shape index (κ2) is 4.05. The molecule has 0 radical (unpaired) electrons. The molecule has 2 aromatic heterocycles. The van der Waals surface area contributed by atoms with Crippen molar-refractivity contribution in [1.82, 2.24) is 9.97 Å². The number of nitrogens with one attached hydrogen (secondary N) is 2. The summed E-state index contributed by atoms with van der Waals surface area (Å²) < 4.78 is 0. The van der Waals surface area contributed by atoms with Crippen LogP contribution in [-0.2, 0) is 0 Å². The van der Waals surface area contributed by atoms with Crippen molar-refractivity contribution in [2.75, 3.05) is 11.5 Å². The van der Waals surface area contributed by atoms with Crippen LogP contribution in [0.1, 0.15) is 0 Å². The van der Waals surface area contributed by atoms with E-state index in [1.165, 1.54) is 0 Å². The Hall–Kier alpha value is -3.54. The second-order valence-electron chi connectivity index (χ2n) is 5.94. The van der Waals surface area contributed by atoms with Crippen LogP contribution in [0.4, 0.5) is 11.4 Å². The molecule has 0 atom stereocenters. The molecule has 0 unspecified atom stereocenters. The Bertz CT molecular complexity index is 1300. The van der Waals surface area contributed by atoms with Gasteiger partial charge in [0.1, 0.15) is 11.4 Å². The molecular weight excluding hydrogens is 304 g/mol. The van der Waals surface area contributed by atoms with Crippen molar-refractivity contribution in [3.63, 3.8) is 0 Å². The average Bonchev–Trinajstić information content (AvgIpc) is 2.57. The quantitative estimate of drug-likeness (QED) is 0.259. The van der Waals surface area contributed by atoms with E-state index in [9.17, 15) is 9.59 Å². The first-order valence-corrected chi connectivity index (χ1v) is 7.47. The van der Waals surface area contributed by atoms with Gasteiger partial charge in [-0.3, -0.25) is 9.59 Å². The fraction of sp³-hybridized carbons (Fsp3) is 0. The Balaban J connectivity index is 2.37. The van der Waals surface area contributed by atoms with Crippen molar-refractivity contribution < 1.29 is 0 Å². The molecule has 6 N–H and O–H groups in total. The average molecular weight is 316 g/mol. The van der Waals surface area contributed by atoms with Crippen molar-refractivity contribution in [2.24, 2.45) is 0 Å². The summed E-state index contributed by atoms with van der Waals surface area (Å²) in [5, 5.41) is 4.61. The number of hydrogen-bond donors (Lipinski definition) is 4. The molecule has 5 rings (SSSR count). The molecule has 0 saturated carbocycles. The van der Waals surface area contributed by atoms with Gasteiger partial charge in [-0.2, -0.15) is 0 Å². The fourth-order valence-electron chi connectivity index (χ4n) is 3.70. The highest BCUT2D eigenvalue weighted by atomic mass is 16.1. The van der Waals surface area contributed by atoms with Crippen LogP contribution >= 0.6 is 0 Å². The number of nitrogen functional groups attached to an aromatic ring is 2. The summed E-state index contributed by atoms with van der Waals surface area (Å²) in [4.78, 5) is 30.1. The molecule has 24 heavy (non-hydrogen) atoms. The number of H-pyrrole nitrogens is 2. The molecule has 6 nitrogen and oxygen atoms in total. The molecule has 3 aromatic carbocycles. The van der Waals surface area contributed by atoms with Crippen molar-refractivity contribution >= 4 is 54.7 Å². The summed E-state index contributed by atoms with van der Waals surface area (Å²) in [5.41, 5.74) is 13.2. The van der Waals surface area contributed by atoms with Gasteiger partial charge in [0.05, 0.1) is 0 Å². The number of hydrogen-bond acceptors (Lipinski definition) is 4. The highest BCUT2D eigenvalue weighted by Gasteiger charge is 2.19. The molecule has 2 heterocycles. The lowest BCUT2D eigenvalue weighted by atomic mass is 9.92. The van der Waals surface area contributed by atoms with Gasteiger partial charge < -0.3 is 21.4 Å². The largest absolute Gasteiger partial charge is 0.394 e. The van der Waals surface area contributed by atoms with E-state index in [2.05, 4.69) is 9.97 Å². The van der Waals surface area contributed by atoms with E-state index in [4.69, 9.17) is 11.5 Å². The number of fused-ring (bicyclic) bond motifs is 2. The molecule has 0 fully saturated rings. The molecule has 0 saturated heterocycles. The van der Waals surface area contributed by atoms with Gasteiger partial charge in [-0.1, -0.05) is 24.3 Å². The molecule has 6 heteroatoms. The fourth-order valence-corrected chi connectivity index (χ4v) is 3.70. The topological polar surface area (TPSA) is 118 Å². The van der Waals surface area contributed by atoms with E-state index in [-0.39, 0.29) is 22.5 Å². The minimum absolute atomic E-state index is 0.165. The molecule has 116 valence electrons. The van der Waals surface area contributed by atoms with Crippen LogP contribution in [0.3, 0.4) is 0 Å².